The number of hydrogen-bond donors (Lipinski definition) is 1. The summed E-state index contributed by atoms with van der Waals surface area (Å²) < 4.78 is 24.2. The fourth-order valence-corrected chi connectivity index (χ4v) is 4.14. The number of amides is 2. The molecule has 170 valence electrons. The van der Waals surface area contributed by atoms with E-state index >= 15 is 0 Å². The van der Waals surface area contributed by atoms with Crippen molar-refractivity contribution in [2.24, 2.45) is 0 Å². The molecule has 3 aromatic carbocycles. The molecule has 1 atom stereocenters. The standard InChI is InChI=1S/C26H25FN2O4/c1-16-12-19(27)9-10-21(16)28-25(30)14-22(17-8-11-23(32-2)24(13-17)33-3)29-15-18-6-4-5-7-20(18)26(29)31/h4-13,22H,14-15H2,1-3H3,(H,28,30)/t22-/m0/s1. The maximum Gasteiger partial charge on any atom is 0.255 e. The van der Waals surface area contributed by atoms with Crippen LogP contribution < -0.4 is 14.8 Å². The van der Waals surface area contributed by atoms with Gasteiger partial charge in [0.2, 0.25) is 5.91 Å². The van der Waals surface area contributed by atoms with E-state index in [4.69, 9.17) is 9.47 Å². The topological polar surface area (TPSA) is 67.9 Å². The Labute approximate surface area is 191 Å². The minimum absolute atomic E-state index is 0.0199. The van der Waals surface area contributed by atoms with Gasteiger partial charge >= 0.3 is 0 Å². The third kappa shape index (κ3) is 4.53. The van der Waals surface area contributed by atoms with Gasteiger partial charge in [0, 0.05) is 17.8 Å². The van der Waals surface area contributed by atoms with E-state index in [-0.39, 0.29) is 24.1 Å². The highest BCUT2D eigenvalue weighted by Crippen LogP contribution is 2.37. The second kappa shape index (κ2) is 9.32. The van der Waals surface area contributed by atoms with Crippen LogP contribution in [0.3, 0.4) is 0 Å². The molecule has 0 aliphatic carbocycles. The van der Waals surface area contributed by atoms with Crippen LogP contribution in [0.4, 0.5) is 10.1 Å². The highest BCUT2D eigenvalue weighted by molar-refractivity contribution is 5.99. The predicted octanol–water partition coefficient (Wildman–Crippen LogP) is 4.88. The van der Waals surface area contributed by atoms with Crippen molar-refractivity contribution in [3.8, 4) is 11.5 Å². The molecule has 3 aromatic rings. The van der Waals surface area contributed by atoms with Crippen LogP contribution in [0.5, 0.6) is 11.5 Å². The maximum absolute atomic E-state index is 13.4. The van der Waals surface area contributed by atoms with E-state index in [1.807, 2.05) is 24.3 Å². The Morgan fingerprint density at radius 3 is 2.52 bits per heavy atom. The normalized spacial score (nSPS) is 13.5. The van der Waals surface area contributed by atoms with E-state index in [1.54, 1.807) is 37.1 Å². The van der Waals surface area contributed by atoms with Crippen LogP contribution >= 0.6 is 0 Å². The smallest absolute Gasteiger partial charge is 0.255 e. The summed E-state index contributed by atoms with van der Waals surface area (Å²) in [6.07, 6.45) is 0.0199. The van der Waals surface area contributed by atoms with Crippen LogP contribution in [0.2, 0.25) is 0 Å². The van der Waals surface area contributed by atoms with Gasteiger partial charge in [-0.2, -0.15) is 0 Å². The van der Waals surface area contributed by atoms with Gasteiger partial charge in [-0.3, -0.25) is 9.59 Å². The van der Waals surface area contributed by atoms with Crippen LogP contribution in [-0.4, -0.2) is 30.9 Å². The molecule has 0 spiro atoms. The number of methoxy groups -OCH3 is 2. The van der Waals surface area contributed by atoms with E-state index in [9.17, 15) is 14.0 Å². The molecule has 0 unspecified atom stereocenters. The molecule has 33 heavy (non-hydrogen) atoms. The number of carbonyl (C=O) groups is 2. The number of halogens is 1. The molecular weight excluding hydrogens is 423 g/mol. The first-order valence-corrected chi connectivity index (χ1v) is 10.6. The number of fused-ring (bicyclic) bond motifs is 1. The molecule has 1 aliphatic heterocycles. The molecule has 7 heteroatoms. The van der Waals surface area contributed by atoms with Crippen molar-refractivity contribution in [3.63, 3.8) is 0 Å². The van der Waals surface area contributed by atoms with Gasteiger partial charge < -0.3 is 19.7 Å². The molecule has 0 bridgehead atoms. The summed E-state index contributed by atoms with van der Waals surface area (Å²) in [5.74, 6) is 0.292. The summed E-state index contributed by atoms with van der Waals surface area (Å²) in [5, 5.41) is 2.85. The number of rotatable bonds is 7. The summed E-state index contributed by atoms with van der Waals surface area (Å²) in [4.78, 5) is 28.0. The number of anilines is 1. The average Bonchev–Trinajstić information content (AvgIpc) is 3.15. The van der Waals surface area contributed by atoms with Crippen LogP contribution in [0, 0.1) is 12.7 Å². The first kappa shape index (κ1) is 22.3. The van der Waals surface area contributed by atoms with E-state index < -0.39 is 6.04 Å². The molecule has 0 aromatic heterocycles. The van der Waals surface area contributed by atoms with Crippen molar-refractivity contribution in [2.75, 3.05) is 19.5 Å². The van der Waals surface area contributed by atoms with Crippen molar-refractivity contribution in [1.82, 2.24) is 4.90 Å². The summed E-state index contributed by atoms with van der Waals surface area (Å²) in [6, 6.07) is 16.5. The molecule has 0 radical (unpaired) electrons. The maximum atomic E-state index is 13.4. The van der Waals surface area contributed by atoms with Crippen LogP contribution in [0.15, 0.2) is 60.7 Å². The number of aryl methyl sites for hydroxylation is 1. The zero-order valence-electron chi connectivity index (χ0n) is 18.7. The Kier molecular flexibility index (Phi) is 6.31. The largest absolute Gasteiger partial charge is 0.493 e. The third-order valence-corrected chi connectivity index (χ3v) is 5.86. The highest BCUT2D eigenvalue weighted by Gasteiger charge is 2.35. The van der Waals surface area contributed by atoms with E-state index in [1.165, 1.54) is 25.3 Å². The predicted molar refractivity (Wildman–Crippen MR) is 123 cm³/mol. The minimum atomic E-state index is -0.537. The number of hydrogen-bond acceptors (Lipinski definition) is 4. The fraction of sp³-hybridized carbons (Fsp3) is 0.231. The number of carbonyl (C=O) groups excluding carboxylic acids is 2. The van der Waals surface area contributed by atoms with E-state index in [0.29, 0.717) is 34.9 Å². The van der Waals surface area contributed by atoms with Gasteiger partial charge in [0.15, 0.2) is 11.5 Å². The lowest BCUT2D eigenvalue weighted by molar-refractivity contribution is -0.117. The molecule has 1 aliphatic rings. The zero-order chi connectivity index (χ0) is 23.5. The van der Waals surface area contributed by atoms with Gasteiger partial charge in [0.25, 0.3) is 5.91 Å². The second-order valence-corrected chi connectivity index (χ2v) is 7.93. The zero-order valence-corrected chi connectivity index (χ0v) is 18.7. The van der Waals surface area contributed by atoms with Crippen LogP contribution in [0.25, 0.3) is 0 Å². The number of ether oxygens (including phenoxy) is 2. The monoisotopic (exact) mass is 448 g/mol. The molecule has 0 saturated carbocycles. The van der Waals surface area contributed by atoms with Gasteiger partial charge in [0.05, 0.1) is 26.7 Å². The average molecular weight is 448 g/mol. The summed E-state index contributed by atoms with van der Waals surface area (Å²) in [5.41, 5.74) is 3.46. The minimum Gasteiger partial charge on any atom is -0.493 e. The van der Waals surface area contributed by atoms with Gasteiger partial charge in [-0.1, -0.05) is 24.3 Å². The van der Waals surface area contributed by atoms with Gasteiger partial charge in [0.1, 0.15) is 5.82 Å². The van der Waals surface area contributed by atoms with Gasteiger partial charge in [-0.15, -0.1) is 0 Å². The summed E-state index contributed by atoms with van der Waals surface area (Å²) in [6.45, 7) is 2.13. The SMILES string of the molecule is COc1ccc([C@H](CC(=O)Nc2ccc(F)cc2C)N2Cc3ccccc3C2=O)cc1OC. The lowest BCUT2D eigenvalue weighted by atomic mass is 10.0. The molecule has 6 nitrogen and oxygen atoms in total. The number of nitrogens with one attached hydrogen (secondary N) is 1. The van der Waals surface area contributed by atoms with Crippen LogP contribution in [0.1, 0.15) is 39.5 Å². The number of nitrogens with zero attached hydrogens (tertiary/aromatic N) is 1. The Morgan fingerprint density at radius 1 is 1.06 bits per heavy atom. The Balaban J connectivity index is 1.66. The van der Waals surface area contributed by atoms with E-state index in [0.717, 1.165) is 11.1 Å². The molecule has 0 saturated heterocycles. The van der Waals surface area contributed by atoms with Crippen molar-refractivity contribution in [2.45, 2.75) is 25.9 Å². The quantitative estimate of drug-likeness (QED) is 0.560. The van der Waals surface area contributed by atoms with Crippen molar-refractivity contribution in [3.05, 3.63) is 88.7 Å². The molecule has 1 heterocycles. The van der Waals surface area contributed by atoms with Crippen molar-refractivity contribution in [1.29, 1.82) is 0 Å². The van der Waals surface area contributed by atoms with Crippen molar-refractivity contribution < 1.29 is 23.5 Å². The van der Waals surface area contributed by atoms with Crippen molar-refractivity contribution >= 4 is 17.5 Å². The lowest BCUT2D eigenvalue weighted by Crippen LogP contribution is -2.32. The Hall–Kier alpha value is -3.87. The third-order valence-electron chi connectivity index (χ3n) is 5.86. The van der Waals surface area contributed by atoms with Crippen LogP contribution in [-0.2, 0) is 11.3 Å². The molecule has 0 fully saturated rings. The van der Waals surface area contributed by atoms with Gasteiger partial charge in [-0.05, 0) is 60.0 Å². The van der Waals surface area contributed by atoms with Gasteiger partial charge in [-0.25, -0.2) is 4.39 Å². The molecular formula is C26H25FN2O4. The highest BCUT2D eigenvalue weighted by atomic mass is 19.1. The van der Waals surface area contributed by atoms with E-state index in [2.05, 4.69) is 5.32 Å². The second-order valence-electron chi connectivity index (χ2n) is 7.93. The first-order valence-electron chi connectivity index (χ1n) is 10.6. The molecule has 2 amide bonds. The Bertz CT molecular complexity index is 1210. The summed E-state index contributed by atoms with van der Waals surface area (Å²) in [7, 11) is 3.09. The lowest BCUT2D eigenvalue weighted by Gasteiger charge is -2.28. The Morgan fingerprint density at radius 2 is 1.82 bits per heavy atom. The fourth-order valence-electron chi connectivity index (χ4n) is 4.14. The number of benzene rings is 3. The first-order chi connectivity index (χ1) is 15.9. The summed E-state index contributed by atoms with van der Waals surface area (Å²) >= 11 is 0. The molecule has 1 N–H and O–H groups in total. The molecule has 4 rings (SSSR count).